The number of rotatable bonds is 9. The highest BCUT2D eigenvalue weighted by Crippen LogP contribution is 2.10. The molecule has 0 heterocycles. The molecule has 18 heavy (non-hydrogen) atoms. The smallest absolute Gasteiger partial charge is 0.330 e. The zero-order chi connectivity index (χ0) is 14.4. The van der Waals surface area contributed by atoms with Crippen LogP contribution in [0.5, 0.6) is 0 Å². The van der Waals surface area contributed by atoms with Crippen molar-refractivity contribution in [2.75, 3.05) is 0 Å². The van der Waals surface area contributed by atoms with Gasteiger partial charge in [0.2, 0.25) is 5.91 Å². The van der Waals surface area contributed by atoms with Crippen molar-refractivity contribution in [1.29, 1.82) is 0 Å². The molecule has 104 valence electrons. The van der Waals surface area contributed by atoms with Gasteiger partial charge in [0.15, 0.2) is 0 Å². The van der Waals surface area contributed by atoms with Gasteiger partial charge in [-0.3, -0.25) is 4.79 Å². The molecular weight excluding hydrogens is 230 g/mol. The maximum absolute atomic E-state index is 10.4. The molecule has 0 radical (unpaired) electrons. The van der Waals surface area contributed by atoms with Gasteiger partial charge in [0.05, 0.1) is 0 Å². The van der Waals surface area contributed by atoms with Crippen LogP contribution in [0.3, 0.4) is 0 Å². The van der Waals surface area contributed by atoms with E-state index in [9.17, 15) is 9.59 Å². The summed E-state index contributed by atoms with van der Waals surface area (Å²) >= 11 is 0. The van der Waals surface area contributed by atoms with Crippen molar-refractivity contribution in [1.82, 2.24) is 0 Å². The fourth-order valence-electron chi connectivity index (χ4n) is 1.23. The second kappa shape index (κ2) is 13.5. The van der Waals surface area contributed by atoms with Crippen molar-refractivity contribution in [2.24, 2.45) is 5.73 Å². The number of hydrogen-bond acceptors (Lipinski definition) is 2. The molecule has 0 aromatic heterocycles. The maximum atomic E-state index is 10.4. The van der Waals surface area contributed by atoms with E-state index in [0.717, 1.165) is 18.9 Å². The molecular formula is C14H25NO3. The molecule has 0 rings (SSSR count). The number of nitrogens with two attached hydrogens (primary N) is 1. The molecule has 0 aliphatic rings. The van der Waals surface area contributed by atoms with Gasteiger partial charge in [-0.05, 0) is 18.9 Å². The molecule has 4 nitrogen and oxygen atoms in total. The third-order valence-corrected chi connectivity index (χ3v) is 2.34. The van der Waals surface area contributed by atoms with Gasteiger partial charge >= 0.3 is 5.97 Å². The number of aliphatic carboxylic acids is 1. The SMILES string of the molecule is C=C(CCCCCCCC)C(=O)O.C=CC(N)=O. The lowest BCUT2D eigenvalue weighted by Gasteiger charge is -2.00. The van der Waals surface area contributed by atoms with E-state index >= 15 is 0 Å². The van der Waals surface area contributed by atoms with Crippen LogP contribution in [0, 0.1) is 0 Å². The summed E-state index contributed by atoms with van der Waals surface area (Å²) in [5.74, 6) is -1.33. The first-order chi connectivity index (χ1) is 8.45. The average molecular weight is 255 g/mol. The summed E-state index contributed by atoms with van der Waals surface area (Å²) in [4.78, 5) is 19.8. The summed E-state index contributed by atoms with van der Waals surface area (Å²) in [6.07, 6.45) is 8.83. The van der Waals surface area contributed by atoms with Gasteiger partial charge in [-0.15, -0.1) is 0 Å². The van der Waals surface area contributed by atoms with E-state index in [-0.39, 0.29) is 0 Å². The van der Waals surface area contributed by atoms with E-state index in [0.29, 0.717) is 12.0 Å². The number of amides is 1. The Morgan fingerprint density at radius 3 is 2.00 bits per heavy atom. The van der Waals surface area contributed by atoms with Crippen molar-refractivity contribution < 1.29 is 14.7 Å². The van der Waals surface area contributed by atoms with Gasteiger partial charge < -0.3 is 10.8 Å². The summed E-state index contributed by atoms with van der Waals surface area (Å²) in [6, 6.07) is 0. The quantitative estimate of drug-likeness (QED) is 0.491. The number of carboxylic acids is 1. The molecule has 1 amide bonds. The monoisotopic (exact) mass is 255 g/mol. The molecule has 0 aromatic rings. The largest absolute Gasteiger partial charge is 0.478 e. The molecule has 0 atom stereocenters. The Hall–Kier alpha value is -1.58. The van der Waals surface area contributed by atoms with Gasteiger partial charge in [-0.25, -0.2) is 4.79 Å². The number of hydrogen-bond donors (Lipinski definition) is 2. The van der Waals surface area contributed by atoms with E-state index in [2.05, 4.69) is 25.8 Å². The Kier molecular flexibility index (Phi) is 14.1. The highest BCUT2D eigenvalue weighted by Gasteiger charge is 2.02. The van der Waals surface area contributed by atoms with Crippen LogP contribution >= 0.6 is 0 Å². The highest BCUT2D eigenvalue weighted by molar-refractivity contribution is 5.85. The first kappa shape index (κ1) is 18.8. The summed E-state index contributed by atoms with van der Waals surface area (Å²) in [7, 11) is 0. The number of primary amides is 1. The van der Waals surface area contributed by atoms with Crippen LogP contribution in [0.15, 0.2) is 24.8 Å². The molecule has 0 spiro atoms. The predicted molar refractivity (Wildman–Crippen MR) is 74.2 cm³/mol. The zero-order valence-electron chi connectivity index (χ0n) is 11.3. The maximum Gasteiger partial charge on any atom is 0.330 e. The standard InChI is InChI=1S/C11H20O2.C3H5NO/c1-3-4-5-6-7-8-9-10(2)11(12)13;1-2-3(4)5/h2-9H2,1H3,(H,12,13);2H,1H2,(H2,4,5). The number of unbranched alkanes of at least 4 members (excludes halogenated alkanes) is 5. The van der Waals surface area contributed by atoms with E-state index < -0.39 is 11.9 Å². The van der Waals surface area contributed by atoms with Crippen molar-refractivity contribution in [3.05, 3.63) is 24.8 Å². The molecule has 3 N–H and O–H groups in total. The fourth-order valence-corrected chi connectivity index (χ4v) is 1.23. The Morgan fingerprint density at radius 1 is 1.17 bits per heavy atom. The summed E-state index contributed by atoms with van der Waals surface area (Å²) in [5, 5.41) is 8.52. The van der Waals surface area contributed by atoms with Crippen molar-refractivity contribution in [3.63, 3.8) is 0 Å². The van der Waals surface area contributed by atoms with Gasteiger partial charge in [0, 0.05) is 5.57 Å². The second-order valence-corrected chi connectivity index (χ2v) is 4.03. The Bertz CT molecular complexity index is 272. The van der Waals surface area contributed by atoms with Crippen LogP contribution in [-0.4, -0.2) is 17.0 Å². The molecule has 0 unspecified atom stereocenters. The van der Waals surface area contributed by atoms with Gasteiger partial charge in [0.25, 0.3) is 0 Å². The van der Waals surface area contributed by atoms with Crippen molar-refractivity contribution in [3.8, 4) is 0 Å². The summed E-state index contributed by atoms with van der Waals surface area (Å²) in [5.41, 5.74) is 4.88. The zero-order valence-corrected chi connectivity index (χ0v) is 11.3. The fraction of sp³-hybridized carbons (Fsp3) is 0.571. The van der Waals surface area contributed by atoms with E-state index in [1.807, 2.05) is 0 Å². The van der Waals surface area contributed by atoms with E-state index in [1.165, 1.54) is 25.7 Å². The number of carbonyl (C=O) groups excluding carboxylic acids is 1. The van der Waals surface area contributed by atoms with Crippen LogP contribution in [-0.2, 0) is 9.59 Å². The molecule has 0 aliphatic heterocycles. The van der Waals surface area contributed by atoms with Gasteiger partial charge in [-0.1, -0.05) is 52.2 Å². The number of carboxylic acid groups (broad SMARTS) is 1. The molecule has 4 heteroatoms. The lowest BCUT2D eigenvalue weighted by atomic mass is 10.1. The third-order valence-electron chi connectivity index (χ3n) is 2.34. The minimum atomic E-state index is -0.853. The molecule has 0 aliphatic carbocycles. The molecule has 0 saturated carbocycles. The van der Waals surface area contributed by atoms with Crippen LogP contribution in [0.1, 0.15) is 51.9 Å². The average Bonchev–Trinajstić information content (AvgIpc) is 2.33. The molecule has 0 bridgehead atoms. The first-order valence-electron chi connectivity index (χ1n) is 6.28. The van der Waals surface area contributed by atoms with Crippen LogP contribution < -0.4 is 5.73 Å². The minimum Gasteiger partial charge on any atom is -0.478 e. The van der Waals surface area contributed by atoms with Crippen LogP contribution in [0.25, 0.3) is 0 Å². The van der Waals surface area contributed by atoms with E-state index in [4.69, 9.17) is 5.11 Å². The lowest BCUT2D eigenvalue weighted by molar-refractivity contribution is -0.132. The topological polar surface area (TPSA) is 80.4 Å². The van der Waals surface area contributed by atoms with Crippen LogP contribution in [0.4, 0.5) is 0 Å². The second-order valence-electron chi connectivity index (χ2n) is 4.03. The van der Waals surface area contributed by atoms with Crippen molar-refractivity contribution >= 4 is 11.9 Å². The molecule has 0 aromatic carbocycles. The predicted octanol–water partition coefficient (Wildman–Crippen LogP) is 3.04. The van der Waals surface area contributed by atoms with Crippen LogP contribution in [0.2, 0.25) is 0 Å². The van der Waals surface area contributed by atoms with Gasteiger partial charge in [0.1, 0.15) is 0 Å². The Balaban J connectivity index is 0. The summed E-state index contributed by atoms with van der Waals surface area (Å²) < 4.78 is 0. The van der Waals surface area contributed by atoms with Crippen molar-refractivity contribution in [2.45, 2.75) is 51.9 Å². The van der Waals surface area contributed by atoms with E-state index in [1.54, 1.807) is 0 Å². The molecule has 0 saturated heterocycles. The lowest BCUT2D eigenvalue weighted by Crippen LogP contribution is -2.04. The third kappa shape index (κ3) is 16.8. The van der Waals surface area contributed by atoms with Gasteiger partial charge in [-0.2, -0.15) is 0 Å². The first-order valence-corrected chi connectivity index (χ1v) is 6.28. The normalized spacial score (nSPS) is 8.94. The molecule has 0 fully saturated rings. The number of carbonyl (C=O) groups is 2. The Labute approximate surface area is 110 Å². The Morgan fingerprint density at radius 2 is 1.61 bits per heavy atom. The minimum absolute atomic E-state index is 0.343. The highest BCUT2D eigenvalue weighted by atomic mass is 16.4. The summed E-state index contributed by atoms with van der Waals surface area (Å²) in [6.45, 7) is 8.76.